The van der Waals surface area contributed by atoms with Crippen LogP contribution in [0.25, 0.3) is 0 Å². The molecule has 4 nitrogen and oxygen atoms in total. The van der Waals surface area contributed by atoms with Crippen LogP contribution in [0.1, 0.15) is 30.2 Å². The van der Waals surface area contributed by atoms with Gasteiger partial charge in [0.1, 0.15) is 5.76 Å². The van der Waals surface area contributed by atoms with Crippen LogP contribution in [0.4, 0.5) is 0 Å². The minimum absolute atomic E-state index is 0.123. The molecule has 1 atom stereocenters. The average Bonchev–Trinajstić information content (AvgIpc) is 3.16. The lowest BCUT2D eigenvalue weighted by molar-refractivity contribution is -0.128. The van der Waals surface area contributed by atoms with Gasteiger partial charge in [-0.2, -0.15) is 0 Å². The van der Waals surface area contributed by atoms with E-state index in [0.717, 1.165) is 18.7 Å². The van der Waals surface area contributed by atoms with Crippen LogP contribution in [-0.2, 0) is 11.3 Å². The standard InChI is InChI=1S/C17H20N2O2/c20-17-9-4-10-19(17)13-16(14-6-2-1-3-7-14)18-12-15-8-5-11-21-15/h1-3,5-8,11,16,18H,4,9-10,12-13H2. The molecule has 4 heteroatoms. The summed E-state index contributed by atoms with van der Waals surface area (Å²) in [6.07, 6.45) is 3.33. The Morgan fingerprint density at radius 3 is 2.71 bits per heavy atom. The highest BCUT2D eigenvalue weighted by Gasteiger charge is 2.24. The predicted octanol–water partition coefficient (Wildman–Crippen LogP) is 2.73. The molecule has 21 heavy (non-hydrogen) atoms. The molecule has 1 aliphatic heterocycles. The molecule has 0 radical (unpaired) electrons. The number of carbonyl (C=O) groups is 1. The summed E-state index contributed by atoms with van der Waals surface area (Å²) in [4.78, 5) is 13.8. The van der Waals surface area contributed by atoms with Gasteiger partial charge in [-0.1, -0.05) is 30.3 Å². The second-order valence-electron chi connectivity index (χ2n) is 5.37. The van der Waals surface area contributed by atoms with E-state index in [9.17, 15) is 4.79 Å². The van der Waals surface area contributed by atoms with Gasteiger partial charge in [-0.05, 0) is 24.1 Å². The minimum Gasteiger partial charge on any atom is -0.468 e. The van der Waals surface area contributed by atoms with Crippen molar-refractivity contribution in [3.05, 3.63) is 60.1 Å². The fourth-order valence-electron chi connectivity index (χ4n) is 2.73. The number of furan rings is 1. The van der Waals surface area contributed by atoms with Gasteiger partial charge >= 0.3 is 0 Å². The van der Waals surface area contributed by atoms with E-state index < -0.39 is 0 Å². The lowest BCUT2D eigenvalue weighted by Crippen LogP contribution is -2.35. The Morgan fingerprint density at radius 1 is 1.19 bits per heavy atom. The number of hydrogen-bond acceptors (Lipinski definition) is 3. The lowest BCUT2D eigenvalue weighted by Gasteiger charge is -2.25. The predicted molar refractivity (Wildman–Crippen MR) is 80.5 cm³/mol. The van der Waals surface area contributed by atoms with Crippen molar-refractivity contribution in [2.45, 2.75) is 25.4 Å². The third-order valence-corrected chi connectivity index (χ3v) is 3.88. The van der Waals surface area contributed by atoms with Crippen LogP contribution >= 0.6 is 0 Å². The summed E-state index contributed by atoms with van der Waals surface area (Å²) in [5.74, 6) is 1.17. The number of nitrogens with zero attached hydrogens (tertiary/aromatic N) is 1. The van der Waals surface area contributed by atoms with Crippen molar-refractivity contribution in [1.82, 2.24) is 10.2 Å². The summed E-state index contributed by atoms with van der Waals surface area (Å²) in [7, 11) is 0. The molecule has 0 saturated carbocycles. The molecule has 3 rings (SSSR count). The van der Waals surface area contributed by atoms with Crippen LogP contribution < -0.4 is 5.32 Å². The molecule has 1 aromatic carbocycles. The van der Waals surface area contributed by atoms with Gasteiger partial charge in [0.05, 0.1) is 18.8 Å². The van der Waals surface area contributed by atoms with E-state index in [1.165, 1.54) is 5.56 Å². The molecule has 110 valence electrons. The fourth-order valence-corrected chi connectivity index (χ4v) is 2.73. The Bertz CT molecular complexity index is 566. The van der Waals surface area contributed by atoms with Gasteiger partial charge in [0.2, 0.25) is 5.91 Å². The van der Waals surface area contributed by atoms with Gasteiger partial charge < -0.3 is 14.6 Å². The highest BCUT2D eigenvalue weighted by molar-refractivity contribution is 5.78. The number of amides is 1. The van der Waals surface area contributed by atoms with Crippen molar-refractivity contribution in [2.24, 2.45) is 0 Å². The van der Waals surface area contributed by atoms with E-state index in [1.54, 1.807) is 6.26 Å². The topological polar surface area (TPSA) is 45.5 Å². The fraction of sp³-hybridized carbons (Fsp3) is 0.353. The van der Waals surface area contributed by atoms with Gasteiger partial charge in [0, 0.05) is 19.5 Å². The molecule has 1 fully saturated rings. The van der Waals surface area contributed by atoms with Gasteiger partial charge in [-0.3, -0.25) is 4.79 Å². The van der Waals surface area contributed by atoms with Crippen LogP contribution in [0.5, 0.6) is 0 Å². The number of benzene rings is 1. The van der Waals surface area contributed by atoms with Gasteiger partial charge in [-0.15, -0.1) is 0 Å². The zero-order valence-corrected chi connectivity index (χ0v) is 12.0. The number of nitrogens with one attached hydrogen (secondary N) is 1. The molecule has 0 aliphatic carbocycles. The quantitative estimate of drug-likeness (QED) is 0.887. The summed E-state index contributed by atoms with van der Waals surface area (Å²) >= 11 is 0. The van der Waals surface area contributed by atoms with Crippen molar-refractivity contribution >= 4 is 5.91 Å². The first-order valence-electron chi connectivity index (χ1n) is 7.41. The summed E-state index contributed by atoms with van der Waals surface area (Å²) in [5, 5.41) is 3.50. The SMILES string of the molecule is O=C1CCCN1CC(NCc1ccco1)c1ccccc1. The number of rotatable bonds is 6. The molecule has 2 heterocycles. The maximum Gasteiger partial charge on any atom is 0.222 e. The van der Waals surface area contributed by atoms with Crippen LogP contribution in [-0.4, -0.2) is 23.9 Å². The summed E-state index contributed by atoms with van der Waals surface area (Å²) < 4.78 is 5.37. The number of likely N-dealkylation sites (tertiary alicyclic amines) is 1. The van der Waals surface area contributed by atoms with Crippen molar-refractivity contribution < 1.29 is 9.21 Å². The highest BCUT2D eigenvalue weighted by atomic mass is 16.3. The van der Waals surface area contributed by atoms with Crippen molar-refractivity contribution in [1.29, 1.82) is 0 Å². The first-order valence-corrected chi connectivity index (χ1v) is 7.41. The third kappa shape index (κ3) is 3.52. The van der Waals surface area contributed by atoms with Crippen LogP contribution in [0.3, 0.4) is 0 Å². The van der Waals surface area contributed by atoms with Gasteiger partial charge in [-0.25, -0.2) is 0 Å². The van der Waals surface area contributed by atoms with Crippen molar-refractivity contribution in [3.8, 4) is 0 Å². The van der Waals surface area contributed by atoms with E-state index >= 15 is 0 Å². The third-order valence-electron chi connectivity index (χ3n) is 3.88. The lowest BCUT2D eigenvalue weighted by atomic mass is 10.1. The maximum absolute atomic E-state index is 11.9. The van der Waals surface area contributed by atoms with Crippen molar-refractivity contribution in [3.63, 3.8) is 0 Å². The number of hydrogen-bond donors (Lipinski definition) is 1. The molecule has 1 aliphatic rings. The molecule has 0 spiro atoms. The summed E-state index contributed by atoms with van der Waals surface area (Å²) in [5.41, 5.74) is 1.20. The van der Waals surface area contributed by atoms with E-state index in [4.69, 9.17) is 4.42 Å². The second kappa shape index (κ2) is 6.59. The van der Waals surface area contributed by atoms with Crippen LogP contribution in [0.15, 0.2) is 53.1 Å². The Balaban J connectivity index is 1.69. The second-order valence-corrected chi connectivity index (χ2v) is 5.37. The normalized spacial score (nSPS) is 16.4. The van der Waals surface area contributed by atoms with Crippen LogP contribution in [0.2, 0.25) is 0 Å². The number of carbonyl (C=O) groups excluding carboxylic acids is 1. The van der Waals surface area contributed by atoms with Gasteiger partial charge in [0.25, 0.3) is 0 Å². The molecule has 2 aromatic rings. The first-order chi connectivity index (χ1) is 10.3. The molecule has 1 unspecified atom stereocenters. The first kappa shape index (κ1) is 13.9. The van der Waals surface area contributed by atoms with E-state index in [-0.39, 0.29) is 11.9 Å². The maximum atomic E-state index is 11.9. The van der Waals surface area contributed by atoms with Crippen molar-refractivity contribution in [2.75, 3.05) is 13.1 Å². The van der Waals surface area contributed by atoms with Crippen LogP contribution in [0, 0.1) is 0 Å². The molecular weight excluding hydrogens is 264 g/mol. The Hall–Kier alpha value is -2.07. The molecule has 1 saturated heterocycles. The largest absolute Gasteiger partial charge is 0.468 e. The summed E-state index contributed by atoms with van der Waals surface area (Å²) in [6.45, 7) is 2.24. The molecular formula is C17H20N2O2. The summed E-state index contributed by atoms with van der Waals surface area (Å²) in [6, 6.07) is 14.2. The Kier molecular flexibility index (Phi) is 4.36. The molecule has 1 N–H and O–H groups in total. The van der Waals surface area contributed by atoms with Gasteiger partial charge in [0.15, 0.2) is 0 Å². The molecule has 0 bridgehead atoms. The zero-order valence-electron chi connectivity index (χ0n) is 12.0. The monoisotopic (exact) mass is 284 g/mol. The zero-order chi connectivity index (χ0) is 14.5. The smallest absolute Gasteiger partial charge is 0.222 e. The highest BCUT2D eigenvalue weighted by Crippen LogP contribution is 2.19. The average molecular weight is 284 g/mol. The molecule has 1 amide bonds. The molecule has 1 aromatic heterocycles. The van der Waals surface area contributed by atoms with E-state index in [1.807, 2.05) is 35.2 Å². The Labute approximate surface area is 124 Å². The minimum atomic E-state index is 0.123. The van der Waals surface area contributed by atoms with E-state index in [0.29, 0.717) is 19.5 Å². The Morgan fingerprint density at radius 2 is 2.05 bits per heavy atom. The van der Waals surface area contributed by atoms with E-state index in [2.05, 4.69) is 17.4 Å².